The first kappa shape index (κ1) is 13.1. The van der Waals surface area contributed by atoms with Gasteiger partial charge in [0.05, 0.1) is 0 Å². The second kappa shape index (κ2) is 5.52. The van der Waals surface area contributed by atoms with Gasteiger partial charge in [-0.25, -0.2) is 4.39 Å². The fraction of sp³-hybridized carbons (Fsp3) is 0.133. The van der Waals surface area contributed by atoms with Crippen molar-refractivity contribution in [2.24, 2.45) is 0 Å². The normalized spacial score (nSPS) is 10.2. The molecule has 19 heavy (non-hydrogen) atoms. The van der Waals surface area contributed by atoms with Crippen molar-refractivity contribution in [3.63, 3.8) is 0 Å². The second-order valence-corrected chi connectivity index (χ2v) is 4.08. The molecule has 0 saturated heterocycles. The van der Waals surface area contributed by atoms with E-state index in [0.717, 1.165) is 0 Å². The lowest BCUT2D eigenvalue weighted by atomic mass is 10.1. The van der Waals surface area contributed by atoms with E-state index in [9.17, 15) is 14.3 Å². The summed E-state index contributed by atoms with van der Waals surface area (Å²) in [5.41, 5.74) is 1.02. The first-order valence-electron chi connectivity index (χ1n) is 5.98. The van der Waals surface area contributed by atoms with Crippen molar-refractivity contribution in [2.45, 2.75) is 6.92 Å². The van der Waals surface area contributed by atoms with E-state index in [-0.39, 0.29) is 17.5 Å². The molecular weight excluding hydrogens is 245 g/mol. The summed E-state index contributed by atoms with van der Waals surface area (Å²) in [4.78, 5) is 13.8. The highest BCUT2D eigenvalue weighted by molar-refractivity contribution is 6.06. The number of phenolic OH excluding ortho intramolecular Hbond substituents is 1. The van der Waals surface area contributed by atoms with Gasteiger partial charge in [0.1, 0.15) is 11.6 Å². The minimum Gasteiger partial charge on any atom is -0.508 e. The van der Waals surface area contributed by atoms with Crippen LogP contribution in [-0.4, -0.2) is 17.6 Å². The molecule has 2 aromatic carbocycles. The van der Waals surface area contributed by atoms with Gasteiger partial charge in [-0.2, -0.15) is 0 Å². The number of carbonyl (C=O) groups excluding carboxylic acids is 1. The maximum Gasteiger partial charge on any atom is 0.258 e. The Morgan fingerprint density at radius 3 is 2.47 bits per heavy atom. The van der Waals surface area contributed by atoms with Crippen molar-refractivity contribution in [3.05, 3.63) is 59.9 Å². The molecule has 2 aromatic rings. The van der Waals surface area contributed by atoms with E-state index in [2.05, 4.69) is 0 Å². The number of amides is 1. The number of carbonyl (C=O) groups is 1. The van der Waals surface area contributed by atoms with E-state index in [4.69, 9.17) is 0 Å². The first-order chi connectivity index (χ1) is 9.11. The minimum atomic E-state index is -0.378. The third kappa shape index (κ3) is 2.91. The Kier molecular flexibility index (Phi) is 3.80. The van der Waals surface area contributed by atoms with Crippen LogP contribution in [0.4, 0.5) is 10.1 Å². The van der Waals surface area contributed by atoms with Gasteiger partial charge in [0, 0.05) is 23.9 Å². The van der Waals surface area contributed by atoms with Crippen molar-refractivity contribution in [3.8, 4) is 5.75 Å². The fourth-order valence-electron chi connectivity index (χ4n) is 1.85. The Balaban J connectivity index is 2.31. The topological polar surface area (TPSA) is 40.5 Å². The number of hydrogen-bond acceptors (Lipinski definition) is 2. The van der Waals surface area contributed by atoms with E-state index in [1.165, 1.54) is 35.2 Å². The standard InChI is InChI=1S/C15H14FNO2/c1-2-17(13-4-3-5-14(18)10-13)15(19)11-6-8-12(16)9-7-11/h3-10,18H,2H2,1H3. The highest BCUT2D eigenvalue weighted by Crippen LogP contribution is 2.21. The zero-order valence-corrected chi connectivity index (χ0v) is 10.5. The van der Waals surface area contributed by atoms with Crippen LogP contribution in [-0.2, 0) is 0 Å². The minimum absolute atomic E-state index is 0.0999. The zero-order valence-electron chi connectivity index (χ0n) is 10.5. The molecule has 0 unspecified atom stereocenters. The van der Waals surface area contributed by atoms with E-state index < -0.39 is 0 Å². The molecule has 1 N–H and O–H groups in total. The Bertz CT molecular complexity index is 581. The second-order valence-electron chi connectivity index (χ2n) is 4.08. The van der Waals surface area contributed by atoms with Crippen LogP contribution in [0.25, 0.3) is 0 Å². The summed E-state index contributed by atoms with van der Waals surface area (Å²) < 4.78 is 12.9. The number of nitrogens with zero attached hydrogens (tertiary/aromatic N) is 1. The van der Waals surface area contributed by atoms with E-state index >= 15 is 0 Å². The maximum atomic E-state index is 12.9. The third-order valence-corrected chi connectivity index (χ3v) is 2.79. The van der Waals surface area contributed by atoms with Crippen molar-refractivity contribution >= 4 is 11.6 Å². The molecule has 0 spiro atoms. The van der Waals surface area contributed by atoms with Crippen LogP contribution in [0, 0.1) is 5.82 Å². The average Bonchev–Trinajstić information content (AvgIpc) is 2.40. The highest BCUT2D eigenvalue weighted by Gasteiger charge is 2.16. The highest BCUT2D eigenvalue weighted by atomic mass is 19.1. The SMILES string of the molecule is CCN(C(=O)c1ccc(F)cc1)c1cccc(O)c1. The van der Waals surface area contributed by atoms with Crippen LogP contribution in [0.5, 0.6) is 5.75 Å². The average molecular weight is 259 g/mol. The molecule has 98 valence electrons. The number of aromatic hydroxyl groups is 1. The van der Waals surface area contributed by atoms with Gasteiger partial charge in [-0.3, -0.25) is 4.79 Å². The molecule has 0 heterocycles. The van der Waals surface area contributed by atoms with Crippen molar-refractivity contribution in [1.82, 2.24) is 0 Å². The molecular formula is C15H14FNO2. The zero-order chi connectivity index (χ0) is 13.8. The summed E-state index contributed by atoms with van der Waals surface area (Å²) in [5, 5.41) is 9.46. The van der Waals surface area contributed by atoms with E-state index in [0.29, 0.717) is 17.8 Å². The number of hydrogen-bond donors (Lipinski definition) is 1. The van der Waals surface area contributed by atoms with Crippen molar-refractivity contribution in [1.29, 1.82) is 0 Å². The first-order valence-corrected chi connectivity index (χ1v) is 5.98. The fourth-order valence-corrected chi connectivity index (χ4v) is 1.85. The number of benzene rings is 2. The van der Waals surface area contributed by atoms with Crippen LogP contribution in [0.2, 0.25) is 0 Å². The number of anilines is 1. The Labute approximate surface area is 110 Å². The molecule has 4 heteroatoms. The molecule has 0 aliphatic carbocycles. The molecule has 0 aliphatic rings. The Morgan fingerprint density at radius 2 is 1.89 bits per heavy atom. The molecule has 0 fully saturated rings. The number of halogens is 1. The number of phenols is 1. The third-order valence-electron chi connectivity index (χ3n) is 2.79. The summed E-state index contributed by atoms with van der Waals surface area (Å²) in [6.07, 6.45) is 0. The van der Waals surface area contributed by atoms with Gasteiger partial charge in [-0.15, -0.1) is 0 Å². The van der Waals surface area contributed by atoms with Gasteiger partial charge in [0.25, 0.3) is 5.91 Å². The summed E-state index contributed by atoms with van der Waals surface area (Å²) >= 11 is 0. The van der Waals surface area contributed by atoms with Crippen LogP contribution >= 0.6 is 0 Å². The van der Waals surface area contributed by atoms with Gasteiger partial charge in [0.15, 0.2) is 0 Å². The Morgan fingerprint density at radius 1 is 1.21 bits per heavy atom. The molecule has 2 rings (SSSR count). The largest absolute Gasteiger partial charge is 0.508 e. The van der Waals surface area contributed by atoms with E-state index in [1.807, 2.05) is 6.92 Å². The number of rotatable bonds is 3. The molecule has 1 amide bonds. The summed E-state index contributed by atoms with van der Waals surface area (Å²) in [7, 11) is 0. The summed E-state index contributed by atoms with van der Waals surface area (Å²) in [6, 6.07) is 11.9. The molecule has 0 radical (unpaired) electrons. The maximum absolute atomic E-state index is 12.9. The molecule has 3 nitrogen and oxygen atoms in total. The predicted molar refractivity (Wildman–Crippen MR) is 71.9 cm³/mol. The summed E-state index contributed by atoms with van der Waals surface area (Å²) in [6.45, 7) is 2.30. The lowest BCUT2D eigenvalue weighted by molar-refractivity contribution is 0.0988. The van der Waals surface area contributed by atoms with Gasteiger partial charge in [-0.1, -0.05) is 6.07 Å². The van der Waals surface area contributed by atoms with Gasteiger partial charge < -0.3 is 10.0 Å². The molecule has 0 bridgehead atoms. The van der Waals surface area contributed by atoms with Crippen molar-refractivity contribution in [2.75, 3.05) is 11.4 Å². The van der Waals surface area contributed by atoms with Gasteiger partial charge >= 0.3 is 0 Å². The van der Waals surface area contributed by atoms with Gasteiger partial charge in [-0.05, 0) is 43.3 Å². The quantitative estimate of drug-likeness (QED) is 0.919. The van der Waals surface area contributed by atoms with Crippen LogP contribution in [0.3, 0.4) is 0 Å². The molecule has 0 atom stereocenters. The molecule has 0 aromatic heterocycles. The smallest absolute Gasteiger partial charge is 0.258 e. The van der Waals surface area contributed by atoms with Gasteiger partial charge in [0.2, 0.25) is 0 Å². The lowest BCUT2D eigenvalue weighted by Gasteiger charge is -2.21. The van der Waals surface area contributed by atoms with Crippen LogP contribution < -0.4 is 4.90 Å². The molecule has 0 aliphatic heterocycles. The lowest BCUT2D eigenvalue weighted by Crippen LogP contribution is -2.30. The van der Waals surface area contributed by atoms with Crippen LogP contribution in [0.15, 0.2) is 48.5 Å². The molecule has 0 saturated carbocycles. The van der Waals surface area contributed by atoms with Crippen molar-refractivity contribution < 1.29 is 14.3 Å². The van der Waals surface area contributed by atoms with E-state index in [1.54, 1.807) is 18.2 Å². The summed E-state index contributed by atoms with van der Waals surface area (Å²) in [5.74, 6) is -0.507. The van der Waals surface area contributed by atoms with Crippen LogP contribution in [0.1, 0.15) is 17.3 Å². The monoisotopic (exact) mass is 259 g/mol. The predicted octanol–water partition coefficient (Wildman–Crippen LogP) is 3.20. The Hall–Kier alpha value is -2.36.